The molecule has 10 heavy (non-hydrogen) atoms. The second-order valence-corrected chi connectivity index (χ2v) is 3.58. The van der Waals surface area contributed by atoms with Crippen molar-refractivity contribution in [3.8, 4) is 0 Å². The van der Waals surface area contributed by atoms with E-state index in [0.29, 0.717) is 0 Å². The van der Waals surface area contributed by atoms with Crippen LogP contribution >= 0.6 is 11.9 Å². The smallest absolute Gasteiger partial charge is 0.0996 e. The summed E-state index contributed by atoms with van der Waals surface area (Å²) in [6, 6.07) is 0. The van der Waals surface area contributed by atoms with Crippen LogP contribution in [0.5, 0.6) is 0 Å². The van der Waals surface area contributed by atoms with Crippen LogP contribution in [0.3, 0.4) is 0 Å². The predicted octanol–water partition coefficient (Wildman–Crippen LogP) is 1.72. The lowest BCUT2D eigenvalue weighted by molar-refractivity contribution is 0.409. The van der Waals surface area contributed by atoms with Gasteiger partial charge < -0.3 is 9.21 Å². The molecule has 0 saturated carbocycles. The van der Waals surface area contributed by atoms with Gasteiger partial charge in [-0.15, -0.1) is 0 Å². The summed E-state index contributed by atoms with van der Waals surface area (Å²) < 4.78 is 2.25. The third kappa shape index (κ3) is 2.14. The second kappa shape index (κ2) is 3.76. The summed E-state index contributed by atoms with van der Waals surface area (Å²) in [5.74, 6) is 1.22. The summed E-state index contributed by atoms with van der Waals surface area (Å²) in [5.41, 5.74) is 0. The zero-order valence-electron chi connectivity index (χ0n) is 6.58. The highest BCUT2D eigenvalue weighted by Crippen LogP contribution is 2.16. The SMILES string of the molecule is CCCSN1C=CN(C)C1. The van der Waals surface area contributed by atoms with Crippen molar-refractivity contribution in [2.45, 2.75) is 13.3 Å². The maximum Gasteiger partial charge on any atom is 0.0996 e. The van der Waals surface area contributed by atoms with Crippen molar-refractivity contribution in [2.24, 2.45) is 0 Å². The first-order valence-electron chi connectivity index (χ1n) is 3.61. The topological polar surface area (TPSA) is 6.48 Å². The molecule has 0 unspecified atom stereocenters. The molecule has 0 spiro atoms. The van der Waals surface area contributed by atoms with E-state index in [9.17, 15) is 0 Å². The fourth-order valence-corrected chi connectivity index (χ4v) is 1.62. The lowest BCUT2D eigenvalue weighted by Gasteiger charge is -2.15. The molecule has 2 nitrogen and oxygen atoms in total. The molecule has 58 valence electrons. The van der Waals surface area contributed by atoms with Crippen molar-refractivity contribution in [2.75, 3.05) is 19.5 Å². The van der Waals surface area contributed by atoms with Gasteiger partial charge in [-0.2, -0.15) is 0 Å². The van der Waals surface area contributed by atoms with Crippen LogP contribution < -0.4 is 0 Å². The van der Waals surface area contributed by atoms with Gasteiger partial charge in [-0.3, -0.25) is 0 Å². The molecule has 0 fully saturated rings. The van der Waals surface area contributed by atoms with Crippen molar-refractivity contribution in [3.63, 3.8) is 0 Å². The molecule has 0 bridgehead atoms. The highest BCUT2D eigenvalue weighted by atomic mass is 32.2. The molecule has 0 aromatic carbocycles. The average molecular weight is 158 g/mol. The molecule has 1 aliphatic rings. The van der Waals surface area contributed by atoms with Crippen LogP contribution in [0.4, 0.5) is 0 Å². The Morgan fingerprint density at radius 2 is 2.30 bits per heavy atom. The Morgan fingerprint density at radius 3 is 2.80 bits per heavy atom. The largest absolute Gasteiger partial charge is 0.361 e. The van der Waals surface area contributed by atoms with Gasteiger partial charge in [-0.25, -0.2) is 0 Å². The van der Waals surface area contributed by atoms with Gasteiger partial charge in [0.2, 0.25) is 0 Å². The van der Waals surface area contributed by atoms with E-state index in [0.717, 1.165) is 6.67 Å². The molecule has 0 N–H and O–H groups in total. The number of hydrogen-bond acceptors (Lipinski definition) is 3. The molecule has 0 aliphatic carbocycles. The van der Waals surface area contributed by atoms with Gasteiger partial charge in [-0.1, -0.05) is 6.92 Å². The summed E-state index contributed by atoms with van der Waals surface area (Å²) in [5, 5.41) is 0. The Morgan fingerprint density at radius 1 is 1.50 bits per heavy atom. The van der Waals surface area contributed by atoms with Crippen molar-refractivity contribution in [3.05, 3.63) is 12.4 Å². The molecule has 1 heterocycles. The van der Waals surface area contributed by atoms with Crippen molar-refractivity contribution >= 4 is 11.9 Å². The van der Waals surface area contributed by atoms with Gasteiger partial charge in [0.25, 0.3) is 0 Å². The van der Waals surface area contributed by atoms with E-state index < -0.39 is 0 Å². The van der Waals surface area contributed by atoms with Crippen LogP contribution in [0.1, 0.15) is 13.3 Å². The predicted molar refractivity (Wildman–Crippen MR) is 46.4 cm³/mol. The van der Waals surface area contributed by atoms with Crippen LogP contribution in [0, 0.1) is 0 Å². The summed E-state index contributed by atoms with van der Waals surface area (Å²) >= 11 is 1.89. The van der Waals surface area contributed by atoms with E-state index in [4.69, 9.17) is 0 Å². The molecular weight excluding hydrogens is 144 g/mol. The number of hydrogen-bond donors (Lipinski definition) is 0. The van der Waals surface area contributed by atoms with Crippen LogP contribution in [0.2, 0.25) is 0 Å². The summed E-state index contributed by atoms with van der Waals surface area (Å²) in [6.45, 7) is 3.24. The molecule has 0 atom stereocenters. The van der Waals surface area contributed by atoms with Gasteiger partial charge in [0, 0.05) is 25.2 Å². The van der Waals surface area contributed by atoms with Crippen molar-refractivity contribution in [1.29, 1.82) is 0 Å². The molecule has 1 rings (SSSR count). The summed E-state index contributed by atoms with van der Waals surface area (Å²) in [7, 11) is 2.09. The van der Waals surface area contributed by atoms with E-state index in [2.05, 4.69) is 35.6 Å². The van der Waals surface area contributed by atoms with Crippen LogP contribution in [0.25, 0.3) is 0 Å². The van der Waals surface area contributed by atoms with Gasteiger partial charge in [0.15, 0.2) is 0 Å². The molecule has 3 heteroatoms. The zero-order chi connectivity index (χ0) is 7.40. The van der Waals surface area contributed by atoms with Gasteiger partial charge in [-0.05, 0) is 18.4 Å². The molecule has 0 radical (unpaired) electrons. The average Bonchev–Trinajstić information content (AvgIpc) is 2.31. The van der Waals surface area contributed by atoms with Crippen molar-refractivity contribution < 1.29 is 0 Å². The first-order valence-corrected chi connectivity index (χ1v) is 4.55. The van der Waals surface area contributed by atoms with Gasteiger partial charge in [0.1, 0.15) is 0 Å². The first kappa shape index (κ1) is 7.79. The fourth-order valence-electron chi connectivity index (χ4n) is 0.795. The fraction of sp³-hybridized carbons (Fsp3) is 0.714. The maximum atomic E-state index is 2.25. The third-order valence-electron chi connectivity index (χ3n) is 1.31. The lowest BCUT2D eigenvalue weighted by Crippen LogP contribution is -2.16. The van der Waals surface area contributed by atoms with E-state index in [1.165, 1.54) is 12.2 Å². The monoisotopic (exact) mass is 158 g/mol. The van der Waals surface area contributed by atoms with E-state index in [1.807, 2.05) is 11.9 Å². The van der Waals surface area contributed by atoms with Gasteiger partial charge in [0.05, 0.1) is 6.67 Å². The molecule has 0 aromatic heterocycles. The van der Waals surface area contributed by atoms with Crippen LogP contribution in [-0.2, 0) is 0 Å². The maximum absolute atomic E-state index is 2.25. The zero-order valence-corrected chi connectivity index (χ0v) is 7.40. The Balaban J connectivity index is 2.14. The number of rotatable bonds is 3. The van der Waals surface area contributed by atoms with E-state index in [-0.39, 0.29) is 0 Å². The van der Waals surface area contributed by atoms with E-state index in [1.54, 1.807) is 0 Å². The highest BCUT2D eigenvalue weighted by molar-refractivity contribution is 7.97. The van der Waals surface area contributed by atoms with E-state index >= 15 is 0 Å². The minimum Gasteiger partial charge on any atom is -0.361 e. The molecular formula is C7H14N2S. The molecule has 0 aromatic rings. The van der Waals surface area contributed by atoms with Gasteiger partial charge >= 0.3 is 0 Å². The minimum absolute atomic E-state index is 1.03. The Bertz CT molecular complexity index is 125. The Labute approximate surface area is 67.0 Å². The molecule has 1 aliphatic heterocycles. The third-order valence-corrected chi connectivity index (χ3v) is 2.47. The summed E-state index contributed by atoms with van der Waals surface area (Å²) in [4.78, 5) is 2.17. The van der Waals surface area contributed by atoms with Crippen molar-refractivity contribution in [1.82, 2.24) is 9.21 Å². The minimum atomic E-state index is 1.03. The standard InChI is InChI=1S/C7H14N2S/c1-3-6-10-9-5-4-8(2)7-9/h4-5H,3,6-7H2,1-2H3. The van der Waals surface area contributed by atoms with Crippen LogP contribution in [0.15, 0.2) is 12.4 Å². The highest BCUT2D eigenvalue weighted by Gasteiger charge is 2.06. The first-order chi connectivity index (χ1) is 4.83. The molecule has 0 amide bonds. The molecule has 0 saturated heterocycles. The lowest BCUT2D eigenvalue weighted by atomic mass is 10.6. The summed E-state index contributed by atoms with van der Waals surface area (Å²) in [6.07, 6.45) is 5.47. The Kier molecular flexibility index (Phi) is 2.93. The Hall–Kier alpha value is -0.310. The number of nitrogens with zero attached hydrogens (tertiary/aromatic N) is 2. The van der Waals surface area contributed by atoms with Crippen LogP contribution in [-0.4, -0.2) is 28.7 Å². The normalized spacial score (nSPS) is 17.0. The quantitative estimate of drug-likeness (QED) is 0.577. The second-order valence-electron chi connectivity index (χ2n) is 2.45.